The number of unbranched alkanes of at least 4 members (excludes halogenated alkanes) is 1. The number of rotatable bonds is 11. The Kier molecular flexibility index (Phi) is 9.85. The second-order valence-corrected chi connectivity index (χ2v) is 13.1. The SMILES string of the molecule is CCCCNC(=O)C1=CC(c2ccccn2)[N+](CC2CCCCC2)(CC2CCCCC2)C1(C)c1ccccc1OC. The van der Waals surface area contributed by atoms with Crippen molar-refractivity contribution in [2.75, 3.05) is 26.7 Å². The Bertz CT molecular complexity index is 1150. The number of hydrogen-bond donors (Lipinski definition) is 1. The smallest absolute Gasteiger partial charge is 0.253 e. The van der Waals surface area contributed by atoms with Crippen molar-refractivity contribution in [1.29, 1.82) is 0 Å². The van der Waals surface area contributed by atoms with Crippen molar-refractivity contribution < 1.29 is 14.0 Å². The summed E-state index contributed by atoms with van der Waals surface area (Å²) < 4.78 is 6.91. The Morgan fingerprint density at radius 1 is 0.951 bits per heavy atom. The zero-order valence-corrected chi connectivity index (χ0v) is 25.7. The van der Waals surface area contributed by atoms with Crippen molar-refractivity contribution in [3.8, 4) is 5.75 Å². The number of hydrogen-bond acceptors (Lipinski definition) is 3. The lowest BCUT2D eigenvalue weighted by Crippen LogP contribution is -2.64. The summed E-state index contributed by atoms with van der Waals surface area (Å²) in [4.78, 5) is 19.3. The van der Waals surface area contributed by atoms with Crippen molar-refractivity contribution >= 4 is 5.91 Å². The predicted octanol–water partition coefficient (Wildman–Crippen LogP) is 7.88. The topological polar surface area (TPSA) is 51.2 Å². The molecule has 2 aliphatic carbocycles. The Morgan fingerprint density at radius 3 is 2.17 bits per heavy atom. The number of amides is 1. The lowest BCUT2D eigenvalue weighted by Gasteiger charge is -2.55. The van der Waals surface area contributed by atoms with Gasteiger partial charge in [-0.15, -0.1) is 0 Å². The number of carbonyl (C=O) groups is 1. The first-order chi connectivity index (χ1) is 20.0. The molecule has 2 saturated carbocycles. The van der Waals surface area contributed by atoms with Gasteiger partial charge in [-0.1, -0.05) is 70.1 Å². The van der Waals surface area contributed by atoms with E-state index in [0.29, 0.717) is 18.4 Å². The van der Waals surface area contributed by atoms with Gasteiger partial charge in [-0.3, -0.25) is 14.3 Å². The van der Waals surface area contributed by atoms with Crippen LogP contribution < -0.4 is 10.1 Å². The molecule has 5 rings (SSSR count). The van der Waals surface area contributed by atoms with Gasteiger partial charge in [0, 0.05) is 31.5 Å². The largest absolute Gasteiger partial charge is 0.496 e. The molecule has 5 heteroatoms. The summed E-state index contributed by atoms with van der Waals surface area (Å²) in [7, 11) is 1.77. The van der Waals surface area contributed by atoms with Gasteiger partial charge >= 0.3 is 0 Å². The van der Waals surface area contributed by atoms with Gasteiger partial charge < -0.3 is 10.1 Å². The molecule has 0 saturated heterocycles. The Morgan fingerprint density at radius 2 is 1.59 bits per heavy atom. The van der Waals surface area contributed by atoms with Gasteiger partial charge in [0.05, 0.1) is 31.3 Å². The summed E-state index contributed by atoms with van der Waals surface area (Å²) in [6.45, 7) is 7.37. The third-order valence-electron chi connectivity index (χ3n) is 10.6. The summed E-state index contributed by atoms with van der Waals surface area (Å²) in [6.07, 6.45) is 19.3. The van der Waals surface area contributed by atoms with Crippen molar-refractivity contribution in [2.45, 2.75) is 102 Å². The molecule has 1 amide bonds. The van der Waals surface area contributed by atoms with E-state index in [1.807, 2.05) is 12.3 Å². The molecular weight excluding hydrogens is 506 g/mol. The summed E-state index contributed by atoms with van der Waals surface area (Å²) in [5.41, 5.74) is 2.53. The average molecular weight is 559 g/mol. The molecule has 5 nitrogen and oxygen atoms in total. The number of pyridine rings is 1. The number of methoxy groups -OCH3 is 1. The van der Waals surface area contributed by atoms with E-state index in [1.165, 1.54) is 64.2 Å². The minimum Gasteiger partial charge on any atom is -0.496 e. The minimum atomic E-state index is -0.569. The van der Waals surface area contributed by atoms with E-state index in [0.717, 1.165) is 53.0 Å². The van der Waals surface area contributed by atoms with Crippen molar-refractivity contribution in [2.24, 2.45) is 11.8 Å². The second kappa shape index (κ2) is 13.5. The highest BCUT2D eigenvalue weighted by Gasteiger charge is 2.63. The fourth-order valence-corrected chi connectivity index (χ4v) is 8.40. The molecule has 2 unspecified atom stereocenters. The lowest BCUT2D eigenvalue weighted by atomic mass is 9.77. The van der Waals surface area contributed by atoms with Crippen molar-refractivity contribution in [1.82, 2.24) is 10.3 Å². The first-order valence-corrected chi connectivity index (χ1v) is 16.4. The molecule has 2 heterocycles. The molecule has 0 radical (unpaired) electrons. The molecule has 1 aliphatic heterocycles. The molecule has 0 bridgehead atoms. The molecule has 0 spiro atoms. The van der Waals surface area contributed by atoms with E-state index in [4.69, 9.17) is 9.72 Å². The molecule has 41 heavy (non-hydrogen) atoms. The summed E-state index contributed by atoms with van der Waals surface area (Å²) in [5, 5.41) is 3.33. The van der Waals surface area contributed by atoms with Gasteiger partial charge in [0.25, 0.3) is 5.91 Å². The van der Waals surface area contributed by atoms with Gasteiger partial charge in [-0.2, -0.15) is 0 Å². The van der Waals surface area contributed by atoms with Crippen molar-refractivity contribution in [3.63, 3.8) is 0 Å². The van der Waals surface area contributed by atoms with Crippen LogP contribution in [-0.4, -0.2) is 42.1 Å². The first kappa shape index (κ1) is 29.8. The molecule has 1 aromatic heterocycles. The van der Waals surface area contributed by atoms with Crippen LogP contribution in [0.4, 0.5) is 0 Å². The standard InChI is InChI=1S/C36H51N3O2/c1-4-5-23-38-35(40)31-25-33(32-21-14-15-24-37-32)39(26-28-16-8-6-9-17-28,27-29-18-10-7-11-19-29)36(31,2)30-20-12-13-22-34(30)41-3/h12-15,20-22,24-25,28-29,33H,4-11,16-19,23,26-27H2,1-3H3/p+1. The monoisotopic (exact) mass is 558 g/mol. The van der Waals surface area contributed by atoms with Crippen LogP contribution in [-0.2, 0) is 10.3 Å². The summed E-state index contributed by atoms with van der Waals surface area (Å²) in [6, 6.07) is 14.8. The van der Waals surface area contributed by atoms with E-state index < -0.39 is 5.54 Å². The van der Waals surface area contributed by atoms with Crippen LogP contribution in [0, 0.1) is 11.8 Å². The lowest BCUT2D eigenvalue weighted by molar-refractivity contribution is -0.997. The summed E-state index contributed by atoms with van der Waals surface area (Å²) in [5.74, 6) is 2.23. The van der Waals surface area contributed by atoms with Gasteiger partial charge in [0.1, 0.15) is 11.4 Å². The quantitative estimate of drug-likeness (QED) is 0.225. The molecule has 1 N–H and O–H groups in total. The van der Waals surface area contributed by atoms with Crippen molar-refractivity contribution in [3.05, 3.63) is 71.6 Å². The van der Waals surface area contributed by atoms with E-state index >= 15 is 0 Å². The van der Waals surface area contributed by atoms with Crippen LogP contribution in [0.5, 0.6) is 5.75 Å². The zero-order chi connectivity index (χ0) is 28.7. The molecule has 2 fully saturated rings. The van der Waals surface area contributed by atoms with E-state index in [9.17, 15) is 4.79 Å². The number of nitrogens with zero attached hydrogens (tertiary/aromatic N) is 2. The molecular formula is C36H52N3O2+. The second-order valence-electron chi connectivity index (χ2n) is 13.1. The normalized spacial score (nSPS) is 25.0. The summed E-state index contributed by atoms with van der Waals surface area (Å²) >= 11 is 0. The molecule has 1 aromatic carbocycles. The minimum absolute atomic E-state index is 0.0156. The molecule has 3 aliphatic rings. The van der Waals surface area contributed by atoms with Crippen LogP contribution in [0.3, 0.4) is 0 Å². The Labute approximate surface area is 248 Å². The third kappa shape index (κ3) is 5.98. The number of aromatic nitrogens is 1. The maximum absolute atomic E-state index is 14.3. The number of nitrogens with one attached hydrogen (secondary N) is 1. The Hall–Kier alpha value is -2.66. The number of para-hydroxylation sites is 1. The van der Waals surface area contributed by atoms with Gasteiger partial charge in [-0.25, -0.2) is 0 Å². The number of quaternary nitrogens is 1. The van der Waals surface area contributed by atoms with Crippen LogP contribution in [0.25, 0.3) is 0 Å². The van der Waals surface area contributed by atoms with Crippen LogP contribution in [0.15, 0.2) is 60.3 Å². The maximum Gasteiger partial charge on any atom is 0.253 e. The van der Waals surface area contributed by atoms with Gasteiger partial charge in [0.2, 0.25) is 0 Å². The predicted molar refractivity (Wildman–Crippen MR) is 166 cm³/mol. The van der Waals surface area contributed by atoms with Crippen LogP contribution >= 0.6 is 0 Å². The average Bonchev–Trinajstić information content (AvgIpc) is 3.27. The maximum atomic E-state index is 14.3. The third-order valence-corrected chi connectivity index (χ3v) is 10.6. The first-order valence-electron chi connectivity index (χ1n) is 16.4. The molecule has 2 atom stereocenters. The highest BCUT2D eigenvalue weighted by molar-refractivity contribution is 5.96. The van der Waals surface area contributed by atoms with Crippen LogP contribution in [0.1, 0.15) is 108 Å². The van der Waals surface area contributed by atoms with E-state index in [2.05, 4.69) is 61.6 Å². The Balaban J connectivity index is 1.73. The number of carbonyl (C=O) groups excluding carboxylic acids is 1. The number of ether oxygens (including phenoxy) is 1. The molecule has 222 valence electrons. The van der Waals surface area contributed by atoms with Crippen LogP contribution in [0.2, 0.25) is 0 Å². The zero-order valence-electron chi connectivity index (χ0n) is 25.7. The van der Waals surface area contributed by atoms with Gasteiger partial charge in [-0.05, 0) is 62.4 Å². The fraction of sp³-hybridized carbons (Fsp3) is 0.611. The van der Waals surface area contributed by atoms with Gasteiger partial charge in [0.15, 0.2) is 11.6 Å². The fourth-order valence-electron chi connectivity index (χ4n) is 8.40. The van der Waals surface area contributed by atoms with E-state index in [-0.39, 0.29) is 11.9 Å². The highest BCUT2D eigenvalue weighted by atomic mass is 16.5. The molecule has 2 aromatic rings. The number of benzene rings is 1. The highest BCUT2D eigenvalue weighted by Crippen LogP contribution is 2.58. The van der Waals surface area contributed by atoms with E-state index in [1.54, 1.807) is 7.11 Å².